The topological polar surface area (TPSA) is 28.4 Å². The summed E-state index contributed by atoms with van der Waals surface area (Å²) < 4.78 is 5.11. The molecular weight excluding hydrogens is 188 g/mol. The van der Waals surface area contributed by atoms with Gasteiger partial charge in [-0.05, 0) is 38.5 Å². The number of piperidine rings is 1. The molecule has 3 nitrogen and oxygen atoms in total. The number of nitrogens with one attached hydrogen (secondary N) is 1. The van der Waals surface area contributed by atoms with E-state index in [-0.39, 0.29) is 0 Å². The van der Waals surface area contributed by atoms with Crippen LogP contribution in [0.3, 0.4) is 0 Å². The minimum Gasteiger partial charge on any atom is -0.472 e. The predicted octanol–water partition coefficient (Wildman–Crippen LogP) is 1.85. The van der Waals surface area contributed by atoms with Gasteiger partial charge in [-0.25, -0.2) is 0 Å². The van der Waals surface area contributed by atoms with E-state index in [1.165, 1.54) is 18.4 Å². The summed E-state index contributed by atoms with van der Waals surface area (Å²) in [5, 5.41) is 3.41. The molecule has 0 saturated carbocycles. The maximum Gasteiger partial charge on any atom is 0.0947 e. The summed E-state index contributed by atoms with van der Waals surface area (Å²) in [6.45, 7) is 6.70. The Hall–Kier alpha value is -0.800. The van der Waals surface area contributed by atoms with E-state index in [1.54, 1.807) is 6.26 Å². The standard InChI is InChI=1S/C12H20N2O/c1-2-14(9-11-5-8-15-10-11)12-3-6-13-7-4-12/h5,8,10,12-13H,2-4,6-7,9H2,1H3. The van der Waals surface area contributed by atoms with Crippen molar-refractivity contribution in [2.24, 2.45) is 0 Å². The van der Waals surface area contributed by atoms with E-state index in [0.29, 0.717) is 0 Å². The normalized spacial score (nSPS) is 18.5. The molecule has 2 rings (SSSR count). The van der Waals surface area contributed by atoms with Gasteiger partial charge >= 0.3 is 0 Å². The zero-order chi connectivity index (χ0) is 10.5. The Morgan fingerprint density at radius 2 is 2.27 bits per heavy atom. The van der Waals surface area contributed by atoms with E-state index in [9.17, 15) is 0 Å². The van der Waals surface area contributed by atoms with Gasteiger partial charge in [0.05, 0.1) is 12.5 Å². The Morgan fingerprint density at radius 3 is 2.87 bits per heavy atom. The lowest BCUT2D eigenvalue weighted by atomic mass is 10.0. The van der Waals surface area contributed by atoms with Crippen LogP contribution in [0, 0.1) is 0 Å². The lowest BCUT2D eigenvalue weighted by molar-refractivity contribution is 0.162. The molecule has 0 aliphatic carbocycles. The third kappa shape index (κ3) is 2.83. The van der Waals surface area contributed by atoms with Crippen LogP contribution in [0.5, 0.6) is 0 Å². The van der Waals surface area contributed by atoms with Crippen molar-refractivity contribution < 1.29 is 4.42 Å². The summed E-state index contributed by atoms with van der Waals surface area (Å²) in [6.07, 6.45) is 6.15. The average molecular weight is 208 g/mol. The molecule has 3 heteroatoms. The Bertz CT molecular complexity index is 265. The molecule has 0 spiro atoms. The van der Waals surface area contributed by atoms with Crippen LogP contribution in [0.25, 0.3) is 0 Å². The lowest BCUT2D eigenvalue weighted by Crippen LogP contribution is -2.42. The van der Waals surface area contributed by atoms with Crippen LogP contribution in [0.15, 0.2) is 23.0 Å². The van der Waals surface area contributed by atoms with E-state index in [0.717, 1.165) is 32.2 Å². The number of nitrogens with zero attached hydrogens (tertiary/aromatic N) is 1. The quantitative estimate of drug-likeness (QED) is 0.818. The fraction of sp³-hybridized carbons (Fsp3) is 0.667. The van der Waals surface area contributed by atoms with Gasteiger partial charge in [0.15, 0.2) is 0 Å². The number of hydrogen-bond donors (Lipinski definition) is 1. The minimum atomic E-state index is 0.742. The van der Waals surface area contributed by atoms with E-state index < -0.39 is 0 Å². The van der Waals surface area contributed by atoms with Gasteiger partial charge in [0, 0.05) is 18.2 Å². The second-order valence-corrected chi connectivity index (χ2v) is 4.18. The van der Waals surface area contributed by atoms with Gasteiger partial charge < -0.3 is 9.73 Å². The van der Waals surface area contributed by atoms with Crippen molar-refractivity contribution in [3.63, 3.8) is 0 Å². The highest BCUT2D eigenvalue weighted by molar-refractivity contribution is 5.05. The molecule has 0 amide bonds. The van der Waals surface area contributed by atoms with E-state index in [2.05, 4.69) is 23.2 Å². The molecule has 1 aliphatic rings. The third-order valence-corrected chi connectivity index (χ3v) is 3.20. The first-order valence-electron chi connectivity index (χ1n) is 5.86. The van der Waals surface area contributed by atoms with Crippen molar-refractivity contribution in [3.05, 3.63) is 24.2 Å². The predicted molar refractivity (Wildman–Crippen MR) is 60.7 cm³/mol. The zero-order valence-electron chi connectivity index (χ0n) is 9.41. The van der Waals surface area contributed by atoms with Crippen molar-refractivity contribution in [1.29, 1.82) is 0 Å². The monoisotopic (exact) mass is 208 g/mol. The lowest BCUT2D eigenvalue weighted by Gasteiger charge is -2.33. The average Bonchev–Trinajstić information content (AvgIpc) is 2.80. The van der Waals surface area contributed by atoms with Crippen molar-refractivity contribution in [3.8, 4) is 0 Å². The van der Waals surface area contributed by atoms with Gasteiger partial charge in [-0.2, -0.15) is 0 Å². The molecule has 15 heavy (non-hydrogen) atoms. The van der Waals surface area contributed by atoms with Crippen molar-refractivity contribution in [2.45, 2.75) is 32.4 Å². The van der Waals surface area contributed by atoms with Gasteiger partial charge in [0.25, 0.3) is 0 Å². The molecule has 0 aromatic carbocycles. The first-order chi connectivity index (χ1) is 7.40. The molecule has 1 fully saturated rings. The zero-order valence-corrected chi connectivity index (χ0v) is 9.41. The Labute approximate surface area is 91.4 Å². The summed E-state index contributed by atoms with van der Waals surface area (Å²) in [7, 11) is 0. The fourth-order valence-corrected chi connectivity index (χ4v) is 2.29. The molecule has 0 unspecified atom stereocenters. The molecular formula is C12H20N2O. The van der Waals surface area contributed by atoms with Gasteiger partial charge in [-0.15, -0.1) is 0 Å². The van der Waals surface area contributed by atoms with E-state index in [1.807, 2.05) is 6.26 Å². The SMILES string of the molecule is CCN(Cc1ccoc1)C1CCNCC1. The van der Waals surface area contributed by atoms with Gasteiger partial charge in [0.1, 0.15) is 0 Å². The molecule has 0 atom stereocenters. The fourth-order valence-electron chi connectivity index (χ4n) is 2.29. The van der Waals surface area contributed by atoms with E-state index >= 15 is 0 Å². The Kier molecular flexibility index (Phi) is 3.80. The molecule has 1 saturated heterocycles. The van der Waals surface area contributed by atoms with Crippen LogP contribution < -0.4 is 5.32 Å². The van der Waals surface area contributed by atoms with Crippen LogP contribution in [-0.2, 0) is 6.54 Å². The molecule has 0 radical (unpaired) electrons. The summed E-state index contributed by atoms with van der Waals surface area (Å²) >= 11 is 0. The van der Waals surface area contributed by atoms with Crippen molar-refractivity contribution in [1.82, 2.24) is 10.2 Å². The first-order valence-corrected chi connectivity index (χ1v) is 5.86. The highest BCUT2D eigenvalue weighted by atomic mass is 16.3. The number of hydrogen-bond acceptors (Lipinski definition) is 3. The number of furan rings is 1. The number of rotatable bonds is 4. The highest BCUT2D eigenvalue weighted by Crippen LogP contribution is 2.15. The van der Waals surface area contributed by atoms with Crippen LogP contribution >= 0.6 is 0 Å². The first kappa shape index (κ1) is 10.7. The van der Waals surface area contributed by atoms with Crippen LogP contribution in [-0.4, -0.2) is 30.6 Å². The van der Waals surface area contributed by atoms with Gasteiger partial charge in [-0.1, -0.05) is 6.92 Å². The van der Waals surface area contributed by atoms with Gasteiger partial charge in [-0.3, -0.25) is 4.90 Å². The molecule has 0 bridgehead atoms. The molecule has 2 heterocycles. The van der Waals surface area contributed by atoms with Crippen LogP contribution in [0.4, 0.5) is 0 Å². The third-order valence-electron chi connectivity index (χ3n) is 3.20. The van der Waals surface area contributed by atoms with E-state index in [4.69, 9.17) is 4.42 Å². The molecule has 84 valence electrons. The van der Waals surface area contributed by atoms with Crippen molar-refractivity contribution >= 4 is 0 Å². The van der Waals surface area contributed by atoms with Crippen molar-refractivity contribution in [2.75, 3.05) is 19.6 Å². The Balaban J connectivity index is 1.91. The maximum atomic E-state index is 5.11. The second-order valence-electron chi connectivity index (χ2n) is 4.18. The summed E-state index contributed by atoms with van der Waals surface area (Å²) in [4.78, 5) is 2.55. The largest absolute Gasteiger partial charge is 0.472 e. The summed E-state index contributed by atoms with van der Waals surface area (Å²) in [6, 6.07) is 2.80. The highest BCUT2D eigenvalue weighted by Gasteiger charge is 2.19. The molecule has 1 N–H and O–H groups in total. The second kappa shape index (κ2) is 5.33. The summed E-state index contributed by atoms with van der Waals surface area (Å²) in [5.41, 5.74) is 1.29. The Morgan fingerprint density at radius 1 is 1.47 bits per heavy atom. The smallest absolute Gasteiger partial charge is 0.0947 e. The molecule has 1 aromatic heterocycles. The molecule has 1 aromatic rings. The summed E-state index contributed by atoms with van der Waals surface area (Å²) in [5.74, 6) is 0. The maximum absolute atomic E-state index is 5.11. The van der Waals surface area contributed by atoms with Crippen LogP contribution in [0.1, 0.15) is 25.3 Å². The van der Waals surface area contributed by atoms with Gasteiger partial charge in [0.2, 0.25) is 0 Å². The molecule has 1 aliphatic heterocycles. The van der Waals surface area contributed by atoms with Crippen LogP contribution in [0.2, 0.25) is 0 Å². The minimum absolute atomic E-state index is 0.742.